The minimum atomic E-state index is 0.259. The third kappa shape index (κ3) is 3.87. The predicted molar refractivity (Wildman–Crippen MR) is 49.4 cm³/mol. The first kappa shape index (κ1) is 10.3. The Morgan fingerprint density at radius 3 is 2.18 bits per heavy atom. The fourth-order valence-electron chi connectivity index (χ4n) is 1.10. The molecule has 0 radical (unpaired) electrons. The van der Waals surface area contributed by atoms with Crippen LogP contribution in [-0.4, -0.2) is 6.10 Å². The summed E-state index contributed by atoms with van der Waals surface area (Å²) >= 11 is 0. The van der Waals surface area contributed by atoms with Gasteiger partial charge in [-0.3, -0.25) is 0 Å². The van der Waals surface area contributed by atoms with Crippen LogP contribution in [0.3, 0.4) is 0 Å². The number of rotatable bonds is 0. The molecule has 0 aromatic rings. The van der Waals surface area contributed by atoms with E-state index in [-0.39, 0.29) is 6.10 Å². The Kier molecular flexibility index (Phi) is 4.67. The molecule has 1 aliphatic heterocycles. The van der Waals surface area contributed by atoms with Crippen molar-refractivity contribution in [3.63, 3.8) is 0 Å². The van der Waals surface area contributed by atoms with Crippen molar-refractivity contribution in [1.82, 2.24) is 0 Å². The van der Waals surface area contributed by atoms with Crippen molar-refractivity contribution in [2.75, 3.05) is 0 Å². The number of hydrogen-bond donors (Lipinski definition) is 0. The van der Waals surface area contributed by atoms with Crippen LogP contribution in [0.2, 0.25) is 0 Å². The first-order valence-electron chi connectivity index (χ1n) is 4.22. The Bertz CT molecular complexity index is 166. The summed E-state index contributed by atoms with van der Waals surface area (Å²) in [6.07, 6.45) is 4.41. The molecule has 0 saturated heterocycles. The van der Waals surface area contributed by atoms with Crippen LogP contribution in [-0.2, 0) is 4.74 Å². The van der Waals surface area contributed by atoms with Gasteiger partial charge in [-0.2, -0.15) is 0 Å². The highest BCUT2D eigenvalue weighted by molar-refractivity contribution is 5.22. The summed E-state index contributed by atoms with van der Waals surface area (Å²) in [5, 5.41) is 0. The van der Waals surface area contributed by atoms with Gasteiger partial charge in [0.25, 0.3) is 0 Å². The Labute approximate surface area is 69.8 Å². The zero-order chi connectivity index (χ0) is 8.85. The summed E-state index contributed by atoms with van der Waals surface area (Å²) in [6, 6.07) is 0. The monoisotopic (exact) mass is 154 g/mol. The summed E-state index contributed by atoms with van der Waals surface area (Å²) in [7, 11) is 0. The van der Waals surface area contributed by atoms with E-state index >= 15 is 0 Å². The van der Waals surface area contributed by atoms with Crippen LogP contribution in [0.25, 0.3) is 0 Å². The third-order valence-electron chi connectivity index (χ3n) is 1.30. The first-order chi connectivity index (χ1) is 5.18. The second-order valence-corrected chi connectivity index (χ2v) is 2.49. The van der Waals surface area contributed by atoms with Gasteiger partial charge in [-0.05, 0) is 38.5 Å². The van der Waals surface area contributed by atoms with Crippen LogP contribution in [0.4, 0.5) is 0 Å². The van der Waals surface area contributed by atoms with Gasteiger partial charge in [0.1, 0.15) is 6.10 Å². The summed E-state index contributed by atoms with van der Waals surface area (Å²) in [4.78, 5) is 0. The summed E-state index contributed by atoms with van der Waals surface area (Å²) in [5.41, 5.74) is 1.30. The molecule has 1 heteroatoms. The van der Waals surface area contributed by atoms with Gasteiger partial charge in [0.05, 0.1) is 5.76 Å². The average molecular weight is 154 g/mol. The molecule has 1 aliphatic rings. The van der Waals surface area contributed by atoms with Crippen LogP contribution >= 0.6 is 0 Å². The minimum Gasteiger partial charge on any atom is -0.491 e. The lowest BCUT2D eigenvalue weighted by atomic mass is 10.2. The summed E-state index contributed by atoms with van der Waals surface area (Å²) < 4.78 is 5.34. The standard InChI is InChI=1S/C8H12O.C2H6/c1-6-4-7(2)9-8(3)5-6;1-2/h4-5,7H,1-3H3;1-2H3. The van der Waals surface area contributed by atoms with E-state index in [1.54, 1.807) is 0 Å². The fraction of sp³-hybridized carbons (Fsp3) is 0.600. The lowest BCUT2D eigenvalue weighted by Crippen LogP contribution is -2.07. The second kappa shape index (κ2) is 5.00. The molecule has 1 unspecified atom stereocenters. The molecule has 0 aromatic carbocycles. The minimum absolute atomic E-state index is 0.259. The maximum Gasteiger partial charge on any atom is 0.114 e. The van der Waals surface area contributed by atoms with Crippen LogP contribution < -0.4 is 0 Å². The number of allylic oxidation sites excluding steroid dienone is 3. The zero-order valence-electron chi connectivity index (χ0n) is 8.14. The maximum absolute atomic E-state index is 5.34. The van der Waals surface area contributed by atoms with Crippen LogP contribution in [0, 0.1) is 0 Å². The molecule has 0 aliphatic carbocycles. The average Bonchev–Trinajstić information content (AvgIpc) is 1.88. The second-order valence-electron chi connectivity index (χ2n) is 2.49. The van der Waals surface area contributed by atoms with Gasteiger partial charge in [0.15, 0.2) is 0 Å². The summed E-state index contributed by atoms with van der Waals surface area (Å²) in [6.45, 7) is 10.1. The predicted octanol–water partition coefficient (Wildman–Crippen LogP) is 3.28. The smallest absolute Gasteiger partial charge is 0.114 e. The zero-order valence-corrected chi connectivity index (χ0v) is 8.14. The van der Waals surface area contributed by atoms with Crippen molar-refractivity contribution in [2.24, 2.45) is 0 Å². The van der Waals surface area contributed by atoms with Crippen molar-refractivity contribution in [2.45, 2.75) is 40.7 Å². The maximum atomic E-state index is 5.34. The molecule has 1 atom stereocenters. The Balaban J connectivity index is 0.000000461. The molecule has 0 fully saturated rings. The SMILES string of the molecule is CC.CC1=CC(C)OC(C)=C1. The topological polar surface area (TPSA) is 9.23 Å². The van der Waals surface area contributed by atoms with Gasteiger partial charge >= 0.3 is 0 Å². The number of ether oxygens (including phenoxy) is 1. The third-order valence-corrected chi connectivity index (χ3v) is 1.30. The Morgan fingerprint density at radius 1 is 1.27 bits per heavy atom. The van der Waals surface area contributed by atoms with Crippen LogP contribution in [0.5, 0.6) is 0 Å². The van der Waals surface area contributed by atoms with Crippen LogP contribution in [0.1, 0.15) is 34.6 Å². The van der Waals surface area contributed by atoms with E-state index in [9.17, 15) is 0 Å². The Morgan fingerprint density at radius 2 is 1.82 bits per heavy atom. The Hall–Kier alpha value is -0.720. The van der Waals surface area contributed by atoms with E-state index in [0.717, 1.165) is 5.76 Å². The van der Waals surface area contributed by atoms with Crippen molar-refractivity contribution in [3.8, 4) is 0 Å². The highest BCUT2D eigenvalue weighted by Gasteiger charge is 2.04. The first-order valence-corrected chi connectivity index (χ1v) is 4.22. The van der Waals surface area contributed by atoms with Crippen molar-refractivity contribution >= 4 is 0 Å². The molecule has 64 valence electrons. The van der Waals surface area contributed by atoms with Crippen molar-refractivity contribution in [1.29, 1.82) is 0 Å². The van der Waals surface area contributed by atoms with Crippen molar-refractivity contribution in [3.05, 3.63) is 23.5 Å². The van der Waals surface area contributed by atoms with E-state index in [4.69, 9.17) is 4.74 Å². The van der Waals surface area contributed by atoms with Crippen LogP contribution in [0.15, 0.2) is 23.5 Å². The van der Waals surface area contributed by atoms with Gasteiger partial charge < -0.3 is 4.74 Å². The van der Waals surface area contributed by atoms with E-state index < -0.39 is 0 Å². The fourth-order valence-corrected chi connectivity index (χ4v) is 1.10. The molecule has 1 nitrogen and oxygen atoms in total. The molecule has 0 aromatic heterocycles. The lowest BCUT2D eigenvalue weighted by Gasteiger charge is -2.16. The molecule has 1 rings (SSSR count). The highest BCUT2D eigenvalue weighted by atomic mass is 16.5. The van der Waals surface area contributed by atoms with E-state index in [1.807, 2.05) is 33.8 Å². The molecule has 0 amide bonds. The van der Waals surface area contributed by atoms with Gasteiger partial charge in [-0.1, -0.05) is 13.8 Å². The quantitative estimate of drug-likeness (QED) is 0.520. The largest absolute Gasteiger partial charge is 0.491 e. The van der Waals surface area contributed by atoms with E-state index in [1.165, 1.54) is 5.57 Å². The molecular weight excluding hydrogens is 136 g/mol. The van der Waals surface area contributed by atoms with E-state index in [2.05, 4.69) is 13.0 Å². The van der Waals surface area contributed by atoms with Gasteiger partial charge in [-0.15, -0.1) is 0 Å². The molecule has 0 spiro atoms. The van der Waals surface area contributed by atoms with Gasteiger partial charge in [0.2, 0.25) is 0 Å². The lowest BCUT2D eigenvalue weighted by molar-refractivity contribution is 0.166. The normalized spacial score (nSPS) is 22.1. The highest BCUT2D eigenvalue weighted by Crippen LogP contribution is 2.14. The molecule has 11 heavy (non-hydrogen) atoms. The number of hydrogen-bond acceptors (Lipinski definition) is 1. The van der Waals surface area contributed by atoms with E-state index in [0.29, 0.717) is 0 Å². The van der Waals surface area contributed by atoms with Gasteiger partial charge in [0, 0.05) is 0 Å². The molecule has 1 heterocycles. The van der Waals surface area contributed by atoms with Gasteiger partial charge in [-0.25, -0.2) is 0 Å². The molecular formula is C10H18O. The molecule has 0 bridgehead atoms. The van der Waals surface area contributed by atoms with Crippen molar-refractivity contribution < 1.29 is 4.74 Å². The molecule has 0 N–H and O–H groups in total. The summed E-state index contributed by atoms with van der Waals surface area (Å²) in [5.74, 6) is 1.02. The molecule has 0 saturated carbocycles.